The molecule has 0 aromatic heterocycles. The first-order valence-corrected chi connectivity index (χ1v) is 7.79. The molecule has 20 heavy (non-hydrogen) atoms. The zero-order valence-corrected chi connectivity index (χ0v) is 13.8. The number of rotatable bonds is 6. The molecular weight excluding hydrogens is 272 g/mol. The molecule has 0 aliphatic carbocycles. The van der Waals surface area contributed by atoms with Gasteiger partial charge in [0, 0.05) is 39.1 Å². The quantitative estimate of drug-likeness (QED) is 0.726. The third-order valence-corrected chi connectivity index (χ3v) is 4.16. The first-order chi connectivity index (χ1) is 9.43. The fraction of sp³-hybridized carbons (Fsp3) is 0.857. The Morgan fingerprint density at radius 3 is 2.75 bits per heavy atom. The maximum Gasteiger partial charge on any atom is 0.236 e. The number of nitrogens with zero attached hydrogens (tertiary/aromatic N) is 3. The molecule has 0 radical (unpaired) electrons. The first kappa shape index (κ1) is 17.3. The second kappa shape index (κ2) is 8.54. The summed E-state index contributed by atoms with van der Waals surface area (Å²) in [6.07, 6.45) is 2.79. The van der Waals surface area contributed by atoms with Crippen molar-refractivity contribution in [3.63, 3.8) is 0 Å². The number of nitrogens with two attached hydrogens (primary N) is 1. The molecule has 2 N–H and O–H groups in total. The van der Waals surface area contributed by atoms with Crippen LogP contribution in [0.1, 0.15) is 26.2 Å². The van der Waals surface area contributed by atoms with E-state index in [1.54, 1.807) is 4.90 Å². The fourth-order valence-corrected chi connectivity index (χ4v) is 2.68. The van der Waals surface area contributed by atoms with E-state index in [-0.39, 0.29) is 5.91 Å². The van der Waals surface area contributed by atoms with Gasteiger partial charge < -0.3 is 15.5 Å². The van der Waals surface area contributed by atoms with Crippen LogP contribution >= 0.6 is 12.2 Å². The summed E-state index contributed by atoms with van der Waals surface area (Å²) >= 11 is 4.85. The lowest BCUT2D eigenvalue weighted by molar-refractivity contribution is -0.131. The van der Waals surface area contributed by atoms with Crippen LogP contribution in [0.4, 0.5) is 0 Å². The van der Waals surface area contributed by atoms with Gasteiger partial charge in [0.25, 0.3) is 0 Å². The zero-order chi connectivity index (χ0) is 15.1. The number of likely N-dealkylation sites (N-methyl/N-ethyl adjacent to an activating group) is 2. The van der Waals surface area contributed by atoms with E-state index in [0.29, 0.717) is 30.5 Å². The van der Waals surface area contributed by atoms with Crippen molar-refractivity contribution in [2.75, 3.05) is 46.8 Å². The molecule has 1 fully saturated rings. The van der Waals surface area contributed by atoms with Crippen LogP contribution in [-0.2, 0) is 4.79 Å². The average Bonchev–Trinajstić information content (AvgIpc) is 2.57. The highest BCUT2D eigenvalue weighted by molar-refractivity contribution is 7.80. The lowest BCUT2D eigenvalue weighted by atomic mass is 10.2. The van der Waals surface area contributed by atoms with Gasteiger partial charge >= 0.3 is 0 Å². The molecule has 1 heterocycles. The van der Waals surface area contributed by atoms with E-state index in [2.05, 4.69) is 23.8 Å². The van der Waals surface area contributed by atoms with Gasteiger partial charge in [0.15, 0.2) is 0 Å². The molecule has 0 aromatic carbocycles. The Morgan fingerprint density at radius 1 is 1.45 bits per heavy atom. The number of amides is 1. The van der Waals surface area contributed by atoms with Crippen LogP contribution in [-0.4, -0.2) is 78.5 Å². The predicted molar refractivity (Wildman–Crippen MR) is 86.8 cm³/mol. The monoisotopic (exact) mass is 300 g/mol. The SMILES string of the molecule is CCC1CN(C)CCCN1CC(=O)N(C)CCC(N)=S. The molecule has 0 spiro atoms. The van der Waals surface area contributed by atoms with Crippen LogP contribution in [0.25, 0.3) is 0 Å². The molecule has 0 saturated carbocycles. The summed E-state index contributed by atoms with van der Waals surface area (Å²) in [6, 6.07) is 0.468. The minimum absolute atomic E-state index is 0.157. The molecule has 1 aliphatic rings. The highest BCUT2D eigenvalue weighted by Gasteiger charge is 2.24. The minimum atomic E-state index is 0.157. The second-order valence-corrected chi connectivity index (χ2v) is 6.20. The van der Waals surface area contributed by atoms with Crippen LogP contribution in [0.2, 0.25) is 0 Å². The molecular formula is C14H28N4OS. The van der Waals surface area contributed by atoms with Gasteiger partial charge in [-0.25, -0.2) is 0 Å². The van der Waals surface area contributed by atoms with Crippen molar-refractivity contribution in [3.05, 3.63) is 0 Å². The van der Waals surface area contributed by atoms with Gasteiger partial charge in [-0.1, -0.05) is 19.1 Å². The Morgan fingerprint density at radius 2 is 2.15 bits per heavy atom. The Hall–Kier alpha value is -0.720. The van der Waals surface area contributed by atoms with E-state index in [4.69, 9.17) is 18.0 Å². The Kier molecular flexibility index (Phi) is 7.40. The summed E-state index contributed by atoms with van der Waals surface area (Å²) in [6.45, 7) is 6.45. The van der Waals surface area contributed by atoms with E-state index < -0.39 is 0 Å². The van der Waals surface area contributed by atoms with Crippen molar-refractivity contribution >= 4 is 23.1 Å². The lowest BCUT2D eigenvalue weighted by Crippen LogP contribution is -2.46. The zero-order valence-electron chi connectivity index (χ0n) is 13.0. The van der Waals surface area contributed by atoms with E-state index in [1.165, 1.54) is 0 Å². The van der Waals surface area contributed by atoms with Crippen LogP contribution in [0.15, 0.2) is 0 Å². The highest BCUT2D eigenvalue weighted by atomic mass is 32.1. The van der Waals surface area contributed by atoms with Gasteiger partial charge in [-0.2, -0.15) is 0 Å². The molecule has 1 atom stereocenters. The number of carbonyl (C=O) groups excluding carboxylic acids is 1. The molecule has 1 unspecified atom stereocenters. The van der Waals surface area contributed by atoms with E-state index in [0.717, 1.165) is 32.5 Å². The van der Waals surface area contributed by atoms with Gasteiger partial charge in [0.2, 0.25) is 5.91 Å². The molecule has 0 bridgehead atoms. The maximum absolute atomic E-state index is 12.3. The summed E-state index contributed by atoms with van der Waals surface area (Å²) < 4.78 is 0. The third kappa shape index (κ3) is 5.73. The summed E-state index contributed by atoms with van der Waals surface area (Å²) in [5.41, 5.74) is 5.48. The molecule has 116 valence electrons. The summed E-state index contributed by atoms with van der Waals surface area (Å²) in [7, 11) is 3.98. The first-order valence-electron chi connectivity index (χ1n) is 7.39. The van der Waals surface area contributed by atoms with Crippen molar-refractivity contribution < 1.29 is 4.79 Å². The molecule has 6 heteroatoms. The smallest absolute Gasteiger partial charge is 0.236 e. The minimum Gasteiger partial charge on any atom is -0.393 e. The van der Waals surface area contributed by atoms with Crippen LogP contribution < -0.4 is 5.73 Å². The van der Waals surface area contributed by atoms with Crippen LogP contribution in [0, 0.1) is 0 Å². The van der Waals surface area contributed by atoms with Crippen molar-refractivity contribution in [3.8, 4) is 0 Å². The molecule has 5 nitrogen and oxygen atoms in total. The molecule has 1 aliphatic heterocycles. The number of thiocarbonyl (C=S) groups is 1. The summed E-state index contributed by atoms with van der Waals surface area (Å²) in [5, 5.41) is 0. The van der Waals surface area contributed by atoms with Crippen LogP contribution in [0.5, 0.6) is 0 Å². The average molecular weight is 300 g/mol. The van der Waals surface area contributed by atoms with Gasteiger partial charge in [-0.15, -0.1) is 0 Å². The fourth-order valence-electron chi connectivity index (χ4n) is 2.59. The van der Waals surface area contributed by atoms with Gasteiger partial charge in [-0.05, 0) is 26.4 Å². The highest BCUT2D eigenvalue weighted by Crippen LogP contribution is 2.12. The van der Waals surface area contributed by atoms with Gasteiger partial charge in [0.1, 0.15) is 0 Å². The van der Waals surface area contributed by atoms with Crippen molar-refractivity contribution in [2.24, 2.45) is 5.73 Å². The Labute approximate surface area is 128 Å². The van der Waals surface area contributed by atoms with Gasteiger partial charge in [0.05, 0.1) is 11.5 Å². The third-order valence-electron chi connectivity index (χ3n) is 3.95. The van der Waals surface area contributed by atoms with Gasteiger partial charge in [-0.3, -0.25) is 9.69 Å². The number of hydrogen-bond donors (Lipinski definition) is 1. The van der Waals surface area contributed by atoms with Crippen molar-refractivity contribution in [1.82, 2.24) is 14.7 Å². The molecule has 0 aromatic rings. The Bertz CT molecular complexity index is 337. The summed E-state index contributed by atoms with van der Waals surface area (Å²) in [4.78, 5) is 19.1. The number of hydrogen-bond acceptors (Lipinski definition) is 4. The normalized spacial score (nSPS) is 21.4. The maximum atomic E-state index is 12.3. The van der Waals surface area contributed by atoms with E-state index in [1.807, 2.05) is 7.05 Å². The van der Waals surface area contributed by atoms with E-state index >= 15 is 0 Å². The van der Waals surface area contributed by atoms with Crippen molar-refractivity contribution in [2.45, 2.75) is 32.2 Å². The Balaban J connectivity index is 2.51. The van der Waals surface area contributed by atoms with Crippen LogP contribution in [0.3, 0.4) is 0 Å². The van der Waals surface area contributed by atoms with Crippen molar-refractivity contribution in [1.29, 1.82) is 0 Å². The number of carbonyl (C=O) groups is 1. The lowest BCUT2D eigenvalue weighted by Gasteiger charge is -2.31. The molecule has 1 saturated heterocycles. The second-order valence-electron chi connectivity index (χ2n) is 5.68. The predicted octanol–water partition coefficient (Wildman–Crippen LogP) is 0.537. The standard InChI is InChI=1S/C14H28N4OS/c1-4-12-10-16(2)7-5-8-18(12)11-14(19)17(3)9-6-13(15)20/h12H,4-11H2,1-3H3,(H2,15,20). The van der Waals surface area contributed by atoms with E-state index in [9.17, 15) is 4.79 Å². The summed E-state index contributed by atoms with van der Waals surface area (Å²) in [5.74, 6) is 0.157. The largest absolute Gasteiger partial charge is 0.393 e. The topological polar surface area (TPSA) is 52.8 Å². The molecule has 1 amide bonds. The molecule has 1 rings (SSSR count).